The molecule has 0 spiro atoms. The van der Waals surface area contributed by atoms with Gasteiger partial charge < -0.3 is 4.74 Å². The molecule has 0 unspecified atom stereocenters. The number of halogens is 1. The smallest absolute Gasteiger partial charge is 0.313 e. The van der Waals surface area contributed by atoms with Crippen molar-refractivity contribution in [1.82, 2.24) is 0 Å². The van der Waals surface area contributed by atoms with E-state index in [9.17, 15) is 10.1 Å². The second-order valence-electron chi connectivity index (χ2n) is 5.70. The maximum absolute atomic E-state index is 11.5. The standard InChI is InChI=1S/C20H16ClNO3/c1-14-6-5-9-16(10-14)18-11-17(21)12-19(22(23)24)20(18)25-13-15-7-3-2-4-8-15/h2-12H,13H2,1H3. The van der Waals surface area contributed by atoms with E-state index in [2.05, 4.69) is 0 Å². The molecule has 0 radical (unpaired) electrons. The van der Waals surface area contributed by atoms with Crippen LogP contribution in [0.2, 0.25) is 5.02 Å². The Kier molecular flexibility index (Phi) is 5.00. The van der Waals surface area contributed by atoms with E-state index in [0.29, 0.717) is 10.6 Å². The molecule has 0 atom stereocenters. The highest BCUT2D eigenvalue weighted by Gasteiger charge is 2.22. The fourth-order valence-electron chi connectivity index (χ4n) is 2.62. The molecule has 3 aromatic rings. The van der Waals surface area contributed by atoms with Crippen LogP contribution in [0, 0.1) is 17.0 Å². The number of rotatable bonds is 5. The zero-order valence-electron chi connectivity index (χ0n) is 13.6. The number of benzene rings is 3. The quantitative estimate of drug-likeness (QED) is 0.430. The predicted molar refractivity (Wildman–Crippen MR) is 99.1 cm³/mol. The zero-order chi connectivity index (χ0) is 17.8. The molecule has 0 saturated carbocycles. The fourth-order valence-corrected chi connectivity index (χ4v) is 2.84. The fraction of sp³-hybridized carbons (Fsp3) is 0.100. The Morgan fingerprint density at radius 2 is 1.80 bits per heavy atom. The van der Waals surface area contributed by atoms with E-state index in [-0.39, 0.29) is 18.0 Å². The highest BCUT2D eigenvalue weighted by atomic mass is 35.5. The Balaban J connectivity index is 2.08. The lowest BCUT2D eigenvalue weighted by Crippen LogP contribution is -2.01. The van der Waals surface area contributed by atoms with Crippen LogP contribution in [0.15, 0.2) is 66.7 Å². The summed E-state index contributed by atoms with van der Waals surface area (Å²) in [4.78, 5) is 11.0. The average molecular weight is 354 g/mol. The third-order valence-electron chi connectivity index (χ3n) is 3.79. The summed E-state index contributed by atoms with van der Waals surface area (Å²) < 4.78 is 5.86. The van der Waals surface area contributed by atoms with Gasteiger partial charge >= 0.3 is 5.69 Å². The van der Waals surface area contributed by atoms with Crippen LogP contribution in [0.3, 0.4) is 0 Å². The Morgan fingerprint density at radius 3 is 2.48 bits per heavy atom. The Hall–Kier alpha value is -2.85. The number of ether oxygens (including phenoxy) is 1. The van der Waals surface area contributed by atoms with Gasteiger partial charge in [0.05, 0.1) is 4.92 Å². The Morgan fingerprint density at radius 1 is 1.04 bits per heavy atom. The van der Waals surface area contributed by atoms with E-state index >= 15 is 0 Å². The first kappa shape index (κ1) is 17.0. The van der Waals surface area contributed by atoms with Crippen LogP contribution in [0.5, 0.6) is 5.75 Å². The molecular weight excluding hydrogens is 338 g/mol. The zero-order valence-corrected chi connectivity index (χ0v) is 14.4. The lowest BCUT2D eigenvalue weighted by atomic mass is 10.0. The molecule has 5 heteroatoms. The second kappa shape index (κ2) is 7.36. The third-order valence-corrected chi connectivity index (χ3v) is 4.00. The maximum Gasteiger partial charge on any atom is 0.313 e. The summed E-state index contributed by atoms with van der Waals surface area (Å²) in [7, 11) is 0. The number of hydrogen-bond acceptors (Lipinski definition) is 3. The van der Waals surface area contributed by atoms with Gasteiger partial charge in [0.1, 0.15) is 6.61 Å². The lowest BCUT2D eigenvalue weighted by molar-refractivity contribution is -0.385. The van der Waals surface area contributed by atoms with Crippen molar-refractivity contribution in [2.45, 2.75) is 13.5 Å². The number of nitrogens with zero attached hydrogens (tertiary/aromatic N) is 1. The van der Waals surface area contributed by atoms with E-state index in [1.54, 1.807) is 6.07 Å². The van der Waals surface area contributed by atoms with Gasteiger partial charge in [-0.15, -0.1) is 0 Å². The molecule has 0 bridgehead atoms. The molecule has 0 aliphatic carbocycles. The molecule has 0 saturated heterocycles. The molecule has 0 amide bonds. The molecule has 0 fully saturated rings. The van der Waals surface area contributed by atoms with Crippen LogP contribution in [0.1, 0.15) is 11.1 Å². The van der Waals surface area contributed by atoms with Crippen LogP contribution in [0.25, 0.3) is 11.1 Å². The van der Waals surface area contributed by atoms with Crippen molar-refractivity contribution >= 4 is 17.3 Å². The molecule has 3 aromatic carbocycles. The van der Waals surface area contributed by atoms with Crippen molar-refractivity contribution in [1.29, 1.82) is 0 Å². The predicted octanol–water partition coefficient (Wildman–Crippen LogP) is 5.80. The average Bonchev–Trinajstić information content (AvgIpc) is 2.60. The van der Waals surface area contributed by atoms with Gasteiger partial charge in [-0.25, -0.2) is 0 Å². The van der Waals surface area contributed by atoms with Crippen molar-refractivity contribution in [2.24, 2.45) is 0 Å². The van der Waals surface area contributed by atoms with E-state index in [1.165, 1.54) is 6.07 Å². The van der Waals surface area contributed by atoms with Crippen molar-refractivity contribution in [2.75, 3.05) is 0 Å². The first-order valence-corrected chi connectivity index (χ1v) is 8.14. The van der Waals surface area contributed by atoms with Crippen LogP contribution in [-0.4, -0.2) is 4.92 Å². The maximum atomic E-state index is 11.5. The minimum atomic E-state index is -0.467. The van der Waals surface area contributed by atoms with Crippen molar-refractivity contribution < 1.29 is 9.66 Å². The molecule has 4 nitrogen and oxygen atoms in total. The van der Waals surface area contributed by atoms with Gasteiger partial charge in [0.2, 0.25) is 5.75 Å². The molecule has 0 aliphatic rings. The van der Waals surface area contributed by atoms with Crippen LogP contribution in [0.4, 0.5) is 5.69 Å². The topological polar surface area (TPSA) is 52.4 Å². The largest absolute Gasteiger partial charge is 0.482 e. The molecule has 0 aromatic heterocycles. The van der Waals surface area contributed by atoms with Gasteiger partial charge in [-0.1, -0.05) is 71.8 Å². The number of nitro benzene ring substituents is 1. The summed E-state index contributed by atoms with van der Waals surface area (Å²) in [6.07, 6.45) is 0. The summed E-state index contributed by atoms with van der Waals surface area (Å²) in [6, 6.07) is 20.3. The van der Waals surface area contributed by atoms with Crippen molar-refractivity contribution in [3.63, 3.8) is 0 Å². The van der Waals surface area contributed by atoms with Gasteiger partial charge in [0.25, 0.3) is 0 Å². The molecular formula is C20H16ClNO3. The highest BCUT2D eigenvalue weighted by molar-refractivity contribution is 6.31. The summed E-state index contributed by atoms with van der Waals surface area (Å²) in [5.41, 5.74) is 3.28. The Labute approximate surface area is 150 Å². The third kappa shape index (κ3) is 3.98. The summed E-state index contributed by atoms with van der Waals surface area (Å²) in [5, 5.41) is 11.8. The summed E-state index contributed by atoms with van der Waals surface area (Å²) >= 11 is 6.11. The van der Waals surface area contributed by atoms with Crippen LogP contribution >= 0.6 is 11.6 Å². The first-order chi connectivity index (χ1) is 12.0. The van der Waals surface area contributed by atoms with Gasteiger partial charge in [-0.2, -0.15) is 0 Å². The van der Waals surface area contributed by atoms with Crippen LogP contribution < -0.4 is 4.74 Å². The lowest BCUT2D eigenvalue weighted by Gasteiger charge is -2.13. The van der Waals surface area contributed by atoms with Gasteiger partial charge in [0, 0.05) is 16.7 Å². The number of aryl methyl sites for hydroxylation is 1. The minimum Gasteiger partial charge on any atom is -0.482 e. The SMILES string of the molecule is Cc1cccc(-c2cc(Cl)cc([N+](=O)[O-])c2OCc2ccccc2)c1. The molecule has 0 aliphatic heterocycles. The van der Waals surface area contributed by atoms with E-state index in [1.807, 2.05) is 61.5 Å². The minimum absolute atomic E-state index is 0.139. The highest BCUT2D eigenvalue weighted by Crippen LogP contribution is 2.41. The van der Waals surface area contributed by atoms with E-state index < -0.39 is 4.92 Å². The molecule has 25 heavy (non-hydrogen) atoms. The summed E-state index contributed by atoms with van der Waals surface area (Å²) in [6.45, 7) is 2.20. The van der Waals surface area contributed by atoms with Gasteiger partial charge in [-0.3, -0.25) is 10.1 Å². The van der Waals surface area contributed by atoms with Crippen molar-refractivity contribution in [3.05, 3.63) is 93.0 Å². The monoisotopic (exact) mass is 353 g/mol. The Bertz CT molecular complexity index is 910. The van der Waals surface area contributed by atoms with Gasteiger partial charge in [-0.05, 0) is 24.1 Å². The molecule has 126 valence electrons. The number of nitro groups is 1. The van der Waals surface area contributed by atoms with Crippen LogP contribution in [-0.2, 0) is 6.61 Å². The van der Waals surface area contributed by atoms with E-state index in [4.69, 9.17) is 16.3 Å². The van der Waals surface area contributed by atoms with Gasteiger partial charge in [0.15, 0.2) is 0 Å². The number of hydrogen-bond donors (Lipinski definition) is 0. The first-order valence-electron chi connectivity index (χ1n) is 7.76. The molecule has 0 N–H and O–H groups in total. The van der Waals surface area contributed by atoms with E-state index in [0.717, 1.165) is 16.7 Å². The summed E-state index contributed by atoms with van der Waals surface area (Å²) in [5.74, 6) is 0.226. The van der Waals surface area contributed by atoms with Crippen molar-refractivity contribution in [3.8, 4) is 16.9 Å². The second-order valence-corrected chi connectivity index (χ2v) is 6.14. The molecule has 0 heterocycles. The normalized spacial score (nSPS) is 10.5. The molecule has 3 rings (SSSR count).